The zero-order valence-electron chi connectivity index (χ0n) is 11.7. The fourth-order valence-corrected chi connectivity index (χ4v) is 5.57. The quantitative estimate of drug-likeness (QED) is 0.755. The van der Waals surface area contributed by atoms with E-state index in [1.807, 2.05) is 0 Å². The van der Waals surface area contributed by atoms with Crippen LogP contribution < -0.4 is 0 Å². The van der Waals surface area contributed by atoms with Gasteiger partial charge in [0, 0.05) is 11.2 Å². The lowest BCUT2D eigenvalue weighted by atomic mass is 9.75. The van der Waals surface area contributed by atoms with Crippen LogP contribution in [0.25, 0.3) is 0 Å². The molecule has 0 amide bonds. The number of halogens is 1. The molecule has 0 aliphatic carbocycles. The van der Waals surface area contributed by atoms with Crippen LogP contribution in [0, 0.1) is 5.92 Å². The lowest BCUT2D eigenvalue weighted by Crippen LogP contribution is -2.44. The van der Waals surface area contributed by atoms with E-state index in [9.17, 15) is 0 Å². The summed E-state index contributed by atoms with van der Waals surface area (Å²) in [6.07, 6.45) is 2.25. The summed E-state index contributed by atoms with van der Waals surface area (Å²) in [7, 11) is 0. The highest BCUT2D eigenvalue weighted by Crippen LogP contribution is 2.57. The monoisotopic (exact) mass is 344 g/mol. The van der Waals surface area contributed by atoms with Crippen molar-refractivity contribution in [3.63, 3.8) is 0 Å². The van der Waals surface area contributed by atoms with Crippen LogP contribution in [0.2, 0.25) is 0 Å². The molecule has 3 heterocycles. The largest absolute Gasteiger partial charge is 0.370 e. The first-order chi connectivity index (χ1) is 8.96. The molecule has 0 aromatic carbocycles. The van der Waals surface area contributed by atoms with Crippen LogP contribution in [0.1, 0.15) is 39.2 Å². The topological polar surface area (TPSA) is 18.5 Å². The first kappa shape index (κ1) is 14.1. The number of ether oxygens (including phenoxy) is 2. The minimum absolute atomic E-state index is 0.0476. The van der Waals surface area contributed by atoms with E-state index in [1.165, 1.54) is 5.56 Å². The summed E-state index contributed by atoms with van der Waals surface area (Å²) in [6, 6.07) is 2.13. The lowest BCUT2D eigenvalue weighted by molar-refractivity contribution is -0.0955. The average Bonchev–Trinajstić information content (AvgIpc) is 2.98. The van der Waals surface area contributed by atoms with Gasteiger partial charge in [0.05, 0.1) is 23.9 Å². The SMILES string of the molecule is CC(C)[C@]12C[C@@H](OCc3ccsc3)[C@](C)(C[C@@H]1Br)O2. The summed E-state index contributed by atoms with van der Waals surface area (Å²) in [5, 5.41) is 4.25. The first-order valence-corrected chi connectivity index (χ1v) is 8.79. The molecular weight excluding hydrogens is 324 g/mol. The summed E-state index contributed by atoms with van der Waals surface area (Å²) >= 11 is 5.55. The number of alkyl halides is 1. The van der Waals surface area contributed by atoms with Crippen molar-refractivity contribution < 1.29 is 9.47 Å². The molecule has 2 aliphatic rings. The summed E-state index contributed by atoms with van der Waals surface area (Å²) in [4.78, 5) is 0.450. The Bertz CT molecular complexity index is 447. The Morgan fingerprint density at radius 1 is 1.53 bits per heavy atom. The van der Waals surface area contributed by atoms with Gasteiger partial charge in [-0.05, 0) is 41.7 Å². The van der Waals surface area contributed by atoms with Crippen LogP contribution in [-0.2, 0) is 16.1 Å². The Balaban J connectivity index is 1.72. The third kappa shape index (κ3) is 2.21. The Morgan fingerprint density at radius 2 is 2.32 bits per heavy atom. The molecule has 3 rings (SSSR count). The van der Waals surface area contributed by atoms with E-state index >= 15 is 0 Å². The van der Waals surface area contributed by atoms with E-state index in [-0.39, 0.29) is 17.3 Å². The van der Waals surface area contributed by atoms with Gasteiger partial charge in [0.2, 0.25) is 0 Å². The van der Waals surface area contributed by atoms with Gasteiger partial charge in [0.1, 0.15) is 0 Å². The molecule has 1 aromatic heterocycles. The van der Waals surface area contributed by atoms with Gasteiger partial charge >= 0.3 is 0 Å². The summed E-state index contributed by atoms with van der Waals surface area (Å²) in [5.41, 5.74) is 1.09. The standard InChI is InChI=1S/C15H21BrO2S/c1-10(2)15-7-13(14(3,18-15)6-12(15)16)17-8-11-4-5-19-9-11/h4-5,9-10,12-13H,6-8H2,1-3H3/t12-,13+,14-,15+/m0/s1. The molecule has 4 heteroatoms. The fourth-order valence-electron chi connectivity index (χ4n) is 3.46. The molecule has 0 radical (unpaired) electrons. The Hall–Kier alpha value is 0.1000. The number of fused-ring (bicyclic) bond motifs is 2. The second kappa shape index (κ2) is 4.83. The minimum Gasteiger partial charge on any atom is -0.370 e. The predicted molar refractivity (Wildman–Crippen MR) is 81.9 cm³/mol. The third-order valence-corrected chi connectivity index (χ3v) is 6.56. The Kier molecular flexibility index (Phi) is 3.57. The molecule has 2 fully saturated rings. The van der Waals surface area contributed by atoms with Crippen LogP contribution in [0.5, 0.6) is 0 Å². The molecule has 2 saturated heterocycles. The number of hydrogen-bond donors (Lipinski definition) is 0. The smallest absolute Gasteiger partial charge is 0.0936 e. The highest BCUT2D eigenvalue weighted by molar-refractivity contribution is 9.09. The second-order valence-corrected chi connectivity index (χ2v) is 8.22. The molecule has 0 N–H and O–H groups in total. The number of rotatable bonds is 4. The van der Waals surface area contributed by atoms with Gasteiger partial charge in [0.15, 0.2) is 0 Å². The van der Waals surface area contributed by atoms with Gasteiger partial charge in [-0.15, -0.1) is 0 Å². The Morgan fingerprint density at radius 3 is 2.89 bits per heavy atom. The van der Waals surface area contributed by atoms with E-state index in [0.29, 0.717) is 17.4 Å². The van der Waals surface area contributed by atoms with E-state index < -0.39 is 0 Å². The molecule has 2 bridgehead atoms. The van der Waals surface area contributed by atoms with Crippen LogP contribution in [-0.4, -0.2) is 22.1 Å². The van der Waals surface area contributed by atoms with Crippen LogP contribution in [0.4, 0.5) is 0 Å². The maximum absolute atomic E-state index is 6.43. The summed E-state index contributed by atoms with van der Waals surface area (Å²) < 4.78 is 12.6. The zero-order chi connectivity index (χ0) is 13.7. The number of thiophene rings is 1. The van der Waals surface area contributed by atoms with E-state index in [4.69, 9.17) is 9.47 Å². The van der Waals surface area contributed by atoms with Gasteiger partial charge in [-0.1, -0.05) is 29.8 Å². The molecule has 2 aliphatic heterocycles. The van der Waals surface area contributed by atoms with Gasteiger partial charge in [-0.2, -0.15) is 11.3 Å². The molecule has 0 saturated carbocycles. The molecular formula is C15H21BrO2S. The van der Waals surface area contributed by atoms with Crippen LogP contribution in [0.3, 0.4) is 0 Å². The van der Waals surface area contributed by atoms with E-state index in [2.05, 4.69) is 53.5 Å². The third-order valence-electron chi connectivity index (χ3n) is 4.73. The van der Waals surface area contributed by atoms with Gasteiger partial charge in [0.25, 0.3) is 0 Å². The van der Waals surface area contributed by atoms with Crippen molar-refractivity contribution in [3.8, 4) is 0 Å². The van der Waals surface area contributed by atoms with E-state index in [0.717, 1.165) is 12.8 Å². The zero-order valence-corrected chi connectivity index (χ0v) is 14.1. The molecule has 19 heavy (non-hydrogen) atoms. The second-order valence-electron chi connectivity index (χ2n) is 6.33. The molecule has 0 unspecified atom stereocenters. The lowest BCUT2D eigenvalue weighted by Gasteiger charge is -2.35. The average molecular weight is 345 g/mol. The maximum atomic E-state index is 6.43. The molecule has 4 atom stereocenters. The summed E-state index contributed by atoms with van der Waals surface area (Å²) in [5.74, 6) is 0.508. The molecule has 2 nitrogen and oxygen atoms in total. The van der Waals surface area contributed by atoms with Crippen molar-refractivity contribution >= 4 is 27.3 Å². The number of hydrogen-bond acceptors (Lipinski definition) is 3. The van der Waals surface area contributed by atoms with Crippen molar-refractivity contribution in [1.29, 1.82) is 0 Å². The van der Waals surface area contributed by atoms with Crippen molar-refractivity contribution in [2.75, 3.05) is 0 Å². The highest BCUT2D eigenvalue weighted by atomic mass is 79.9. The molecule has 0 spiro atoms. The van der Waals surface area contributed by atoms with Crippen molar-refractivity contribution in [2.24, 2.45) is 5.92 Å². The minimum atomic E-state index is -0.130. The fraction of sp³-hybridized carbons (Fsp3) is 0.733. The van der Waals surface area contributed by atoms with Gasteiger partial charge in [-0.3, -0.25) is 0 Å². The van der Waals surface area contributed by atoms with Crippen LogP contribution in [0.15, 0.2) is 16.8 Å². The van der Waals surface area contributed by atoms with E-state index in [1.54, 1.807) is 11.3 Å². The van der Waals surface area contributed by atoms with Gasteiger partial charge < -0.3 is 9.47 Å². The van der Waals surface area contributed by atoms with Gasteiger partial charge in [-0.25, -0.2) is 0 Å². The first-order valence-electron chi connectivity index (χ1n) is 6.93. The molecule has 106 valence electrons. The predicted octanol–water partition coefficient (Wildman–Crippen LogP) is 4.37. The van der Waals surface area contributed by atoms with Crippen molar-refractivity contribution in [3.05, 3.63) is 22.4 Å². The summed E-state index contributed by atoms with van der Waals surface area (Å²) in [6.45, 7) is 7.41. The Labute approximate surface area is 127 Å². The normalized spacial score (nSPS) is 41.3. The molecule has 1 aromatic rings. The maximum Gasteiger partial charge on any atom is 0.0936 e. The van der Waals surface area contributed by atoms with Crippen molar-refractivity contribution in [1.82, 2.24) is 0 Å². The van der Waals surface area contributed by atoms with Crippen LogP contribution >= 0.6 is 27.3 Å². The highest BCUT2D eigenvalue weighted by Gasteiger charge is 2.65. The van der Waals surface area contributed by atoms with Crippen molar-refractivity contribution in [2.45, 2.75) is 62.4 Å².